The molecule has 0 atom stereocenters. The van der Waals surface area contributed by atoms with Gasteiger partial charge in [-0.25, -0.2) is 9.37 Å². The van der Waals surface area contributed by atoms with E-state index in [2.05, 4.69) is 4.98 Å². The third-order valence-electron chi connectivity index (χ3n) is 3.20. The van der Waals surface area contributed by atoms with Gasteiger partial charge >= 0.3 is 0 Å². The van der Waals surface area contributed by atoms with E-state index in [1.807, 2.05) is 24.3 Å². The van der Waals surface area contributed by atoms with Crippen molar-refractivity contribution in [1.82, 2.24) is 9.55 Å². The number of thioether (sulfide) groups is 1. The highest BCUT2D eigenvalue weighted by Gasteiger charge is 2.08. The fourth-order valence-electron chi connectivity index (χ4n) is 2.03. The molecule has 0 bridgehead atoms. The second-order valence-electron chi connectivity index (χ2n) is 4.80. The molecule has 1 aromatic heterocycles. The quantitative estimate of drug-likeness (QED) is 0.660. The molecule has 0 aliphatic carbocycles. The lowest BCUT2D eigenvalue weighted by Gasteiger charge is -2.07. The summed E-state index contributed by atoms with van der Waals surface area (Å²) in [5.74, 6) is 0.278. The molecule has 0 fully saturated rings. The van der Waals surface area contributed by atoms with E-state index in [1.165, 1.54) is 28.5 Å². The molecular weight excluding hydrogens is 335 g/mol. The minimum absolute atomic E-state index is 0.224. The molecule has 1 heterocycles. The molecule has 0 radical (unpaired) electrons. The Hall–Kier alpha value is -2.11. The van der Waals surface area contributed by atoms with Crippen molar-refractivity contribution in [2.24, 2.45) is 0 Å². The summed E-state index contributed by atoms with van der Waals surface area (Å²) < 4.78 is 14.5. The summed E-state index contributed by atoms with van der Waals surface area (Å²) in [6, 6.07) is 13.2. The topological polar surface area (TPSA) is 34.9 Å². The average Bonchev–Trinajstić information content (AvgIpc) is 2.56. The van der Waals surface area contributed by atoms with Crippen molar-refractivity contribution in [1.29, 1.82) is 0 Å². The van der Waals surface area contributed by atoms with Crippen molar-refractivity contribution in [2.45, 2.75) is 10.8 Å². The first kappa shape index (κ1) is 15.8. The Balaban J connectivity index is 1.83. The second kappa shape index (κ2) is 6.98. The van der Waals surface area contributed by atoms with E-state index in [-0.39, 0.29) is 11.4 Å². The van der Waals surface area contributed by atoms with Gasteiger partial charge in [0, 0.05) is 28.9 Å². The molecule has 0 unspecified atom stereocenters. The van der Waals surface area contributed by atoms with Crippen LogP contribution in [0.15, 0.2) is 70.7 Å². The number of rotatable bonds is 4. The van der Waals surface area contributed by atoms with Crippen molar-refractivity contribution in [3.8, 4) is 5.69 Å². The highest BCUT2D eigenvalue weighted by molar-refractivity contribution is 7.98. The summed E-state index contributed by atoms with van der Waals surface area (Å²) in [4.78, 5) is 16.6. The molecule has 3 rings (SSSR count). The van der Waals surface area contributed by atoms with Gasteiger partial charge in [-0.2, -0.15) is 0 Å². The molecule has 0 spiro atoms. The zero-order chi connectivity index (χ0) is 16.2. The lowest BCUT2D eigenvalue weighted by atomic mass is 10.2. The van der Waals surface area contributed by atoms with Crippen molar-refractivity contribution in [2.75, 3.05) is 0 Å². The molecule has 116 valence electrons. The van der Waals surface area contributed by atoms with Crippen LogP contribution in [0.2, 0.25) is 5.02 Å². The predicted octanol–water partition coefficient (Wildman–Crippen LogP) is 4.32. The Bertz CT molecular complexity index is 863. The van der Waals surface area contributed by atoms with Crippen LogP contribution in [0.3, 0.4) is 0 Å². The van der Waals surface area contributed by atoms with Crippen LogP contribution >= 0.6 is 23.4 Å². The fourth-order valence-corrected chi connectivity index (χ4v) is 3.01. The monoisotopic (exact) mass is 346 g/mol. The maximum absolute atomic E-state index is 13.0. The number of halogens is 2. The third kappa shape index (κ3) is 3.81. The van der Waals surface area contributed by atoms with Crippen LogP contribution in [0, 0.1) is 5.82 Å². The zero-order valence-electron chi connectivity index (χ0n) is 11.9. The van der Waals surface area contributed by atoms with E-state index in [0.717, 1.165) is 5.56 Å². The summed E-state index contributed by atoms with van der Waals surface area (Å²) in [6.07, 6.45) is 3.14. The molecule has 3 nitrogen and oxygen atoms in total. The maximum Gasteiger partial charge on any atom is 0.287 e. The molecule has 23 heavy (non-hydrogen) atoms. The summed E-state index contributed by atoms with van der Waals surface area (Å²) in [5.41, 5.74) is 1.43. The van der Waals surface area contributed by atoms with E-state index in [1.54, 1.807) is 24.5 Å². The predicted molar refractivity (Wildman–Crippen MR) is 90.8 cm³/mol. The Morgan fingerprint density at radius 2 is 1.78 bits per heavy atom. The van der Waals surface area contributed by atoms with Gasteiger partial charge in [0.2, 0.25) is 0 Å². The van der Waals surface area contributed by atoms with Crippen LogP contribution in [0.1, 0.15) is 5.56 Å². The van der Waals surface area contributed by atoms with E-state index in [4.69, 9.17) is 11.6 Å². The van der Waals surface area contributed by atoms with Crippen molar-refractivity contribution in [3.05, 3.63) is 87.7 Å². The minimum atomic E-state index is -0.340. The van der Waals surface area contributed by atoms with Crippen LogP contribution < -0.4 is 5.56 Å². The van der Waals surface area contributed by atoms with E-state index in [9.17, 15) is 9.18 Å². The van der Waals surface area contributed by atoms with Crippen molar-refractivity contribution in [3.63, 3.8) is 0 Å². The molecule has 3 aromatic rings. The van der Waals surface area contributed by atoms with Gasteiger partial charge in [0.15, 0.2) is 5.03 Å². The summed E-state index contributed by atoms with van der Waals surface area (Å²) in [7, 11) is 0. The van der Waals surface area contributed by atoms with Crippen LogP contribution in [0.4, 0.5) is 4.39 Å². The van der Waals surface area contributed by atoms with Gasteiger partial charge in [0.25, 0.3) is 5.56 Å². The first-order chi connectivity index (χ1) is 11.1. The standard InChI is InChI=1S/C17H12ClFN2OS/c18-13-3-1-12(2-4-13)11-23-16-17(22)21(10-9-20-16)15-7-5-14(19)6-8-15/h1-10H,11H2. The van der Waals surface area contributed by atoms with Crippen LogP contribution in [0.5, 0.6) is 0 Å². The second-order valence-corrected chi connectivity index (χ2v) is 6.20. The van der Waals surface area contributed by atoms with Gasteiger partial charge in [-0.15, -0.1) is 0 Å². The number of aromatic nitrogens is 2. The molecule has 6 heteroatoms. The Morgan fingerprint density at radius 1 is 1.09 bits per heavy atom. The Kier molecular flexibility index (Phi) is 4.79. The van der Waals surface area contributed by atoms with Crippen molar-refractivity contribution < 1.29 is 4.39 Å². The number of benzene rings is 2. The van der Waals surface area contributed by atoms with E-state index >= 15 is 0 Å². The fraction of sp³-hybridized carbons (Fsp3) is 0.0588. The first-order valence-electron chi connectivity index (χ1n) is 6.84. The number of nitrogens with zero attached hydrogens (tertiary/aromatic N) is 2. The SMILES string of the molecule is O=c1c(SCc2ccc(Cl)cc2)nccn1-c1ccc(F)cc1. The lowest BCUT2D eigenvalue weighted by molar-refractivity contribution is 0.627. The van der Waals surface area contributed by atoms with Crippen LogP contribution in [-0.4, -0.2) is 9.55 Å². The molecule has 0 aliphatic heterocycles. The molecule has 0 saturated heterocycles. The largest absolute Gasteiger partial charge is 0.287 e. The number of hydrogen-bond acceptors (Lipinski definition) is 3. The lowest BCUT2D eigenvalue weighted by Crippen LogP contribution is -2.20. The average molecular weight is 347 g/mol. The smallest absolute Gasteiger partial charge is 0.280 e. The molecular formula is C17H12ClFN2OS. The number of hydrogen-bond donors (Lipinski definition) is 0. The van der Waals surface area contributed by atoms with Gasteiger partial charge < -0.3 is 0 Å². The summed E-state index contributed by atoms with van der Waals surface area (Å²) >= 11 is 7.21. The van der Waals surface area contributed by atoms with Gasteiger partial charge in [0.05, 0.1) is 0 Å². The summed E-state index contributed by atoms with van der Waals surface area (Å²) in [5, 5.41) is 1.07. The molecule has 2 aromatic carbocycles. The first-order valence-corrected chi connectivity index (χ1v) is 8.21. The van der Waals surface area contributed by atoms with Crippen LogP contribution in [0.25, 0.3) is 5.69 Å². The van der Waals surface area contributed by atoms with Crippen molar-refractivity contribution >= 4 is 23.4 Å². The van der Waals surface area contributed by atoms with Gasteiger partial charge in [0.1, 0.15) is 5.82 Å². The van der Waals surface area contributed by atoms with Gasteiger partial charge in [-0.3, -0.25) is 9.36 Å². The molecule has 0 amide bonds. The van der Waals surface area contributed by atoms with E-state index < -0.39 is 0 Å². The highest BCUT2D eigenvalue weighted by atomic mass is 35.5. The minimum Gasteiger partial charge on any atom is -0.280 e. The summed E-state index contributed by atoms with van der Waals surface area (Å²) in [6.45, 7) is 0. The maximum atomic E-state index is 13.0. The zero-order valence-corrected chi connectivity index (χ0v) is 13.5. The highest BCUT2D eigenvalue weighted by Crippen LogP contribution is 2.19. The normalized spacial score (nSPS) is 10.7. The molecule has 0 aliphatic rings. The van der Waals surface area contributed by atoms with Gasteiger partial charge in [-0.05, 0) is 42.0 Å². The third-order valence-corrected chi connectivity index (χ3v) is 4.49. The Morgan fingerprint density at radius 3 is 2.48 bits per heavy atom. The van der Waals surface area contributed by atoms with Gasteiger partial charge in [-0.1, -0.05) is 35.5 Å². The van der Waals surface area contributed by atoms with E-state index in [0.29, 0.717) is 21.5 Å². The molecule has 0 saturated carbocycles. The molecule has 0 N–H and O–H groups in total. The van der Waals surface area contributed by atoms with Crippen LogP contribution in [-0.2, 0) is 5.75 Å². The Labute approximate surface area is 141 Å².